The molecule has 0 aromatic carbocycles. The molecule has 0 spiro atoms. The van der Waals surface area contributed by atoms with Crippen LogP contribution in [0.2, 0.25) is 0 Å². The van der Waals surface area contributed by atoms with Crippen molar-refractivity contribution in [2.24, 2.45) is 16.6 Å². The Morgan fingerprint density at radius 3 is 1.82 bits per heavy atom. The molecule has 4 N–H and O–H groups in total. The van der Waals surface area contributed by atoms with Crippen LogP contribution in [0.1, 0.15) is 143 Å². The third kappa shape index (κ3) is 17.3. The molecule has 0 saturated heterocycles. The van der Waals surface area contributed by atoms with E-state index in [1.807, 2.05) is 0 Å². The fourth-order valence-corrected chi connectivity index (χ4v) is 6.24. The molecule has 0 bridgehead atoms. The van der Waals surface area contributed by atoms with Crippen molar-refractivity contribution >= 4 is 0 Å². The van der Waals surface area contributed by atoms with Gasteiger partial charge in [0.15, 0.2) is 0 Å². The molecular weight excluding hydrogens is 420 g/mol. The molecule has 1 saturated carbocycles. The first kappa shape index (κ1) is 31.9. The maximum atomic E-state index is 10.2. The first-order valence-corrected chi connectivity index (χ1v) is 15.0. The third-order valence-electron chi connectivity index (χ3n) is 7.61. The summed E-state index contributed by atoms with van der Waals surface area (Å²) in [5, 5.41) is 13.7. The van der Waals surface area contributed by atoms with E-state index in [1.165, 1.54) is 96.3 Å². The van der Waals surface area contributed by atoms with Crippen molar-refractivity contribution in [2.75, 3.05) is 26.3 Å². The molecule has 0 aromatic heterocycles. The van der Waals surface area contributed by atoms with Crippen molar-refractivity contribution in [3.05, 3.63) is 0 Å². The predicted octanol–water partition coefficient (Wildman–Crippen LogP) is 7.37. The van der Waals surface area contributed by atoms with Crippen LogP contribution in [0.15, 0.2) is 0 Å². The monoisotopic (exact) mass is 482 g/mol. The maximum absolute atomic E-state index is 10.2. The van der Waals surface area contributed by atoms with Crippen LogP contribution in [0, 0.1) is 10.8 Å². The van der Waals surface area contributed by atoms with Crippen molar-refractivity contribution in [2.45, 2.75) is 155 Å². The van der Waals surface area contributed by atoms with E-state index in [4.69, 9.17) is 10.5 Å². The molecule has 4 nitrogen and oxygen atoms in total. The van der Waals surface area contributed by atoms with Gasteiger partial charge < -0.3 is 20.9 Å². The zero-order valence-corrected chi connectivity index (χ0v) is 23.6. The van der Waals surface area contributed by atoms with Crippen LogP contribution >= 0.6 is 0 Å². The van der Waals surface area contributed by atoms with Gasteiger partial charge in [-0.3, -0.25) is 0 Å². The largest absolute Gasteiger partial charge is 0.389 e. The van der Waals surface area contributed by atoms with Gasteiger partial charge in [-0.2, -0.15) is 0 Å². The van der Waals surface area contributed by atoms with Gasteiger partial charge in [0.2, 0.25) is 0 Å². The Bertz CT molecular complexity index is 471. The van der Waals surface area contributed by atoms with E-state index in [0.29, 0.717) is 24.6 Å². The summed E-state index contributed by atoms with van der Waals surface area (Å²) in [6.45, 7) is 12.0. The number of hydrogen-bond donors (Lipinski definition) is 3. The van der Waals surface area contributed by atoms with Gasteiger partial charge in [0.25, 0.3) is 0 Å². The first-order chi connectivity index (χ1) is 16.3. The van der Waals surface area contributed by atoms with Gasteiger partial charge >= 0.3 is 0 Å². The van der Waals surface area contributed by atoms with E-state index < -0.39 is 6.10 Å². The topological polar surface area (TPSA) is 67.5 Å². The molecule has 1 aliphatic rings. The van der Waals surface area contributed by atoms with E-state index in [9.17, 15) is 5.11 Å². The van der Waals surface area contributed by atoms with Crippen LogP contribution in [-0.4, -0.2) is 43.6 Å². The predicted molar refractivity (Wildman–Crippen MR) is 148 cm³/mol. The second-order valence-corrected chi connectivity index (χ2v) is 12.6. The van der Waals surface area contributed by atoms with Crippen LogP contribution < -0.4 is 11.1 Å². The van der Waals surface area contributed by atoms with Gasteiger partial charge in [-0.1, -0.05) is 118 Å². The molecule has 3 unspecified atom stereocenters. The Morgan fingerprint density at radius 2 is 1.32 bits per heavy atom. The van der Waals surface area contributed by atoms with Crippen LogP contribution in [-0.2, 0) is 4.74 Å². The number of nitrogens with one attached hydrogen (secondary N) is 1. The van der Waals surface area contributed by atoms with E-state index in [-0.39, 0.29) is 5.41 Å². The lowest BCUT2D eigenvalue weighted by atomic mass is 9.63. The molecule has 0 radical (unpaired) electrons. The Labute approximate surface area is 213 Å². The van der Waals surface area contributed by atoms with Crippen molar-refractivity contribution < 1.29 is 9.84 Å². The zero-order chi connectivity index (χ0) is 25.1. The SMILES string of the molecule is CCCCCCCCCCCCCCCCCOCC(O)CNCC1(C)CC(N)CC(C)(C)C1. The quantitative estimate of drug-likeness (QED) is 0.141. The molecule has 0 heterocycles. The molecule has 0 amide bonds. The number of rotatable bonds is 22. The molecular formula is C30H62N2O2. The fraction of sp³-hybridized carbons (Fsp3) is 1.00. The van der Waals surface area contributed by atoms with E-state index in [0.717, 1.165) is 32.4 Å². The number of hydrogen-bond acceptors (Lipinski definition) is 4. The number of aliphatic hydroxyl groups excluding tert-OH is 1. The average Bonchev–Trinajstić information content (AvgIpc) is 2.74. The fourth-order valence-electron chi connectivity index (χ4n) is 6.24. The minimum Gasteiger partial charge on any atom is -0.389 e. The second-order valence-electron chi connectivity index (χ2n) is 12.6. The minimum absolute atomic E-state index is 0.218. The summed E-state index contributed by atoms with van der Waals surface area (Å²) in [7, 11) is 0. The number of nitrogens with two attached hydrogens (primary N) is 1. The van der Waals surface area contributed by atoms with Crippen LogP contribution in [0.25, 0.3) is 0 Å². The van der Waals surface area contributed by atoms with Gasteiger partial charge in [-0.15, -0.1) is 0 Å². The van der Waals surface area contributed by atoms with Crippen molar-refractivity contribution in [1.29, 1.82) is 0 Å². The molecule has 1 aliphatic carbocycles. The maximum Gasteiger partial charge on any atom is 0.0897 e. The Kier molecular flexibility index (Phi) is 17.8. The average molecular weight is 483 g/mol. The smallest absolute Gasteiger partial charge is 0.0897 e. The minimum atomic E-state index is -0.426. The first-order valence-electron chi connectivity index (χ1n) is 15.0. The Morgan fingerprint density at radius 1 is 0.824 bits per heavy atom. The van der Waals surface area contributed by atoms with Gasteiger partial charge in [0.1, 0.15) is 0 Å². The van der Waals surface area contributed by atoms with Crippen LogP contribution in [0.5, 0.6) is 0 Å². The third-order valence-corrected chi connectivity index (χ3v) is 7.61. The lowest BCUT2D eigenvalue weighted by molar-refractivity contribution is 0.0305. The number of ether oxygens (including phenoxy) is 1. The molecule has 1 fully saturated rings. The normalized spacial score (nSPS) is 23.3. The van der Waals surface area contributed by atoms with E-state index in [2.05, 4.69) is 33.0 Å². The highest BCUT2D eigenvalue weighted by Gasteiger charge is 2.39. The molecule has 204 valence electrons. The molecule has 4 heteroatoms. The summed E-state index contributed by atoms with van der Waals surface area (Å²) in [6.07, 6.45) is 23.6. The van der Waals surface area contributed by atoms with E-state index in [1.54, 1.807) is 0 Å². The summed E-state index contributed by atoms with van der Waals surface area (Å²) >= 11 is 0. The highest BCUT2D eigenvalue weighted by molar-refractivity contribution is 4.94. The molecule has 1 rings (SSSR count). The van der Waals surface area contributed by atoms with Gasteiger partial charge in [0, 0.05) is 25.7 Å². The van der Waals surface area contributed by atoms with Gasteiger partial charge in [-0.25, -0.2) is 0 Å². The summed E-state index contributed by atoms with van der Waals surface area (Å²) in [5.74, 6) is 0. The number of aliphatic hydroxyl groups is 1. The highest BCUT2D eigenvalue weighted by atomic mass is 16.5. The van der Waals surface area contributed by atoms with Crippen LogP contribution in [0.3, 0.4) is 0 Å². The van der Waals surface area contributed by atoms with Gasteiger partial charge in [-0.05, 0) is 36.5 Å². The molecule has 34 heavy (non-hydrogen) atoms. The number of unbranched alkanes of at least 4 members (excludes halogenated alkanes) is 14. The highest BCUT2D eigenvalue weighted by Crippen LogP contribution is 2.45. The Balaban J connectivity index is 1.85. The summed E-state index contributed by atoms with van der Waals surface area (Å²) in [5.41, 5.74) is 6.82. The van der Waals surface area contributed by atoms with Gasteiger partial charge in [0.05, 0.1) is 12.7 Å². The molecule has 0 aliphatic heterocycles. The standard InChI is InChI=1S/C30H62N2O2/c1-5-6-7-8-9-10-11-12-13-14-15-16-17-18-19-20-34-24-28(33)23-32-26-30(4)22-27(31)21-29(2,3)25-30/h27-28,32-33H,5-26,31H2,1-4H3. The summed E-state index contributed by atoms with van der Waals surface area (Å²) < 4.78 is 5.72. The zero-order valence-electron chi connectivity index (χ0n) is 23.6. The Hall–Kier alpha value is -0.160. The second kappa shape index (κ2) is 19.0. The lowest BCUT2D eigenvalue weighted by Crippen LogP contribution is -2.47. The molecule has 3 atom stereocenters. The summed E-state index contributed by atoms with van der Waals surface area (Å²) in [6, 6.07) is 0.290. The van der Waals surface area contributed by atoms with Crippen molar-refractivity contribution in [1.82, 2.24) is 5.32 Å². The van der Waals surface area contributed by atoms with Crippen molar-refractivity contribution in [3.8, 4) is 0 Å². The van der Waals surface area contributed by atoms with Crippen LogP contribution in [0.4, 0.5) is 0 Å². The molecule has 0 aromatic rings. The lowest BCUT2D eigenvalue weighted by Gasteiger charge is -2.46. The summed E-state index contributed by atoms with van der Waals surface area (Å²) in [4.78, 5) is 0. The van der Waals surface area contributed by atoms with Crippen molar-refractivity contribution in [3.63, 3.8) is 0 Å². The van der Waals surface area contributed by atoms with E-state index >= 15 is 0 Å².